The number of halogens is 2. The number of nitrogens with zero attached hydrogens (tertiary/aromatic N) is 1. The molecule has 0 fully saturated rings. The molecular formula is C18H11BrFNO3. The van der Waals surface area contributed by atoms with E-state index < -0.39 is 5.97 Å². The predicted molar refractivity (Wildman–Crippen MR) is 92.1 cm³/mol. The van der Waals surface area contributed by atoms with Crippen molar-refractivity contribution in [2.75, 3.05) is 0 Å². The quantitative estimate of drug-likeness (QED) is 0.678. The molecule has 0 bridgehead atoms. The standard InChI is InChI=1S/C18H11BrFNO3/c19-15(9-11-1-3-13(4-2-11)18(22)23)17-21-10-16(24-17)12-5-7-14(20)8-6-12/h1-10H,(H,22,23)/b15-9-. The topological polar surface area (TPSA) is 63.3 Å². The lowest BCUT2D eigenvalue weighted by Crippen LogP contribution is -1.94. The summed E-state index contributed by atoms with van der Waals surface area (Å²) in [6.07, 6.45) is 3.33. The van der Waals surface area contributed by atoms with Crippen molar-refractivity contribution in [3.63, 3.8) is 0 Å². The summed E-state index contributed by atoms with van der Waals surface area (Å²) in [4.78, 5) is 15.0. The summed E-state index contributed by atoms with van der Waals surface area (Å²) in [6, 6.07) is 12.4. The summed E-state index contributed by atoms with van der Waals surface area (Å²) in [5, 5.41) is 8.89. The van der Waals surface area contributed by atoms with Crippen LogP contribution in [-0.4, -0.2) is 16.1 Å². The third-order valence-electron chi connectivity index (χ3n) is 3.29. The van der Waals surface area contributed by atoms with Crippen LogP contribution in [0.1, 0.15) is 21.8 Å². The first-order valence-corrected chi connectivity index (χ1v) is 7.75. The van der Waals surface area contributed by atoms with Crippen molar-refractivity contribution in [2.45, 2.75) is 0 Å². The highest BCUT2D eigenvalue weighted by molar-refractivity contribution is 9.15. The molecule has 0 unspecified atom stereocenters. The molecule has 1 N–H and O–H groups in total. The molecule has 0 saturated heterocycles. The summed E-state index contributed by atoms with van der Waals surface area (Å²) in [6.45, 7) is 0. The normalized spacial score (nSPS) is 11.5. The number of benzene rings is 2. The largest absolute Gasteiger partial charge is 0.478 e. The van der Waals surface area contributed by atoms with Crippen molar-refractivity contribution in [2.24, 2.45) is 0 Å². The molecule has 4 nitrogen and oxygen atoms in total. The molecule has 1 heterocycles. The monoisotopic (exact) mass is 387 g/mol. The maximum Gasteiger partial charge on any atom is 0.335 e. The van der Waals surface area contributed by atoms with Crippen molar-refractivity contribution in [1.29, 1.82) is 0 Å². The fraction of sp³-hybridized carbons (Fsp3) is 0. The van der Waals surface area contributed by atoms with Gasteiger partial charge in [-0.15, -0.1) is 0 Å². The highest BCUT2D eigenvalue weighted by atomic mass is 79.9. The highest BCUT2D eigenvalue weighted by Crippen LogP contribution is 2.28. The number of hydrogen-bond acceptors (Lipinski definition) is 3. The third kappa shape index (κ3) is 3.60. The molecule has 3 aromatic rings. The van der Waals surface area contributed by atoms with Gasteiger partial charge >= 0.3 is 5.97 Å². The Hall–Kier alpha value is -2.73. The van der Waals surface area contributed by atoms with Crippen molar-refractivity contribution >= 4 is 32.5 Å². The second-order valence-electron chi connectivity index (χ2n) is 4.96. The Balaban J connectivity index is 1.83. The number of aromatic nitrogens is 1. The molecule has 0 spiro atoms. The Morgan fingerprint density at radius 3 is 2.42 bits per heavy atom. The number of carboxylic acid groups (broad SMARTS) is 1. The van der Waals surface area contributed by atoms with E-state index in [1.807, 2.05) is 0 Å². The minimum atomic E-state index is -0.971. The van der Waals surface area contributed by atoms with Gasteiger partial charge < -0.3 is 9.52 Å². The zero-order valence-corrected chi connectivity index (χ0v) is 13.8. The molecule has 24 heavy (non-hydrogen) atoms. The lowest BCUT2D eigenvalue weighted by atomic mass is 10.1. The fourth-order valence-corrected chi connectivity index (χ4v) is 2.51. The minimum Gasteiger partial charge on any atom is -0.478 e. The van der Waals surface area contributed by atoms with Crippen LogP contribution in [0, 0.1) is 5.82 Å². The molecule has 0 aliphatic heterocycles. The van der Waals surface area contributed by atoms with Crippen LogP contribution in [0.25, 0.3) is 21.9 Å². The van der Waals surface area contributed by atoms with E-state index in [1.165, 1.54) is 24.3 Å². The molecule has 3 rings (SSSR count). The molecule has 1 aromatic heterocycles. The summed E-state index contributed by atoms with van der Waals surface area (Å²) in [5.74, 6) is -0.390. The van der Waals surface area contributed by atoms with E-state index in [2.05, 4.69) is 20.9 Å². The Morgan fingerprint density at radius 1 is 1.12 bits per heavy atom. The van der Waals surface area contributed by atoms with Crippen LogP contribution in [0.5, 0.6) is 0 Å². The first kappa shape index (κ1) is 16.1. The van der Waals surface area contributed by atoms with E-state index in [4.69, 9.17) is 9.52 Å². The Labute approximate surface area is 145 Å². The number of hydrogen-bond donors (Lipinski definition) is 1. The van der Waals surface area contributed by atoms with Crippen LogP contribution in [0.4, 0.5) is 4.39 Å². The van der Waals surface area contributed by atoms with Crippen LogP contribution in [0.2, 0.25) is 0 Å². The van der Waals surface area contributed by atoms with Crippen molar-refractivity contribution < 1.29 is 18.7 Å². The van der Waals surface area contributed by atoms with Gasteiger partial charge in [-0.25, -0.2) is 14.2 Å². The first-order chi connectivity index (χ1) is 11.5. The smallest absolute Gasteiger partial charge is 0.335 e. The number of carbonyl (C=O) groups is 1. The van der Waals surface area contributed by atoms with E-state index in [1.54, 1.807) is 36.5 Å². The van der Waals surface area contributed by atoms with Crippen molar-refractivity contribution in [1.82, 2.24) is 4.98 Å². The predicted octanol–water partition coefficient (Wildman–Crippen LogP) is 5.07. The second kappa shape index (κ2) is 6.80. The van der Waals surface area contributed by atoms with Crippen LogP contribution in [0.3, 0.4) is 0 Å². The molecule has 0 amide bonds. The number of oxazole rings is 1. The van der Waals surface area contributed by atoms with Gasteiger partial charge in [0, 0.05) is 5.56 Å². The summed E-state index contributed by atoms with van der Waals surface area (Å²) in [5.41, 5.74) is 1.74. The molecule has 0 saturated carbocycles. The van der Waals surface area contributed by atoms with E-state index in [0.717, 1.165) is 11.1 Å². The molecule has 120 valence electrons. The lowest BCUT2D eigenvalue weighted by Gasteiger charge is -1.98. The average Bonchev–Trinajstić information content (AvgIpc) is 3.06. The van der Waals surface area contributed by atoms with E-state index in [9.17, 15) is 9.18 Å². The van der Waals surface area contributed by atoms with Gasteiger partial charge in [0.1, 0.15) is 5.82 Å². The summed E-state index contributed by atoms with van der Waals surface area (Å²) < 4.78 is 19.2. The maximum atomic E-state index is 13.0. The Morgan fingerprint density at radius 2 is 1.79 bits per heavy atom. The first-order valence-electron chi connectivity index (χ1n) is 6.95. The number of aromatic carboxylic acids is 1. The number of rotatable bonds is 4. The van der Waals surface area contributed by atoms with Gasteiger partial charge in [0.25, 0.3) is 0 Å². The van der Waals surface area contributed by atoms with Gasteiger partial charge in [0.05, 0.1) is 16.2 Å². The van der Waals surface area contributed by atoms with Gasteiger partial charge in [0.2, 0.25) is 5.89 Å². The summed E-state index contributed by atoms with van der Waals surface area (Å²) >= 11 is 3.40. The van der Waals surface area contributed by atoms with Gasteiger partial charge in [0.15, 0.2) is 5.76 Å². The van der Waals surface area contributed by atoms with Gasteiger partial charge in [-0.05, 0) is 64.0 Å². The third-order valence-corrected chi connectivity index (χ3v) is 3.86. The Bertz CT molecular complexity index is 899. The van der Waals surface area contributed by atoms with Crippen LogP contribution < -0.4 is 0 Å². The van der Waals surface area contributed by atoms with Gasteiger partial charge in [-0.1, -0.05) is 12.1 Å². The zero-order valence-electron chi connectivity index (χ0n) is 12.2. The van der Waals surface area contributed by atoms with E-state index in [-0.39, 0.29) is 11.4 Å². The highest BCUT2D eigenvalue weighted by Gasteiger charge is 2.09. The maximum absolute atomic E-state index is 13.0. The average molecular weight is 388 g/mol. The molecule has 0 aliphatic carbocycles. The van der Waals surface area contributed by atoms with Crippen molar-refractivity contribution in [3.05, 3.63) is 77.6 Å². The lowest BCUT2D eigenvalue weighted by molar-refractivity contribution is 0.0697. The zero-order chi connectivity index (χ0) is 17.1. The minimum absolute atomic E-state index is 0.220. The van der Waals surface area contributed by atoms with Crippen molar-refractivity contribution in [3.8, 4) is 11.3 Å². The van der Waals surface area contributed by atoms with Crippen LogP contribution in [0.15, 0.2) is 59.1 Å². The fourth-order valence-electron chi connectivity index (χ4n) is 2.06. The summed E-state index contributed by atoms with van der Waals surface area (Å²) in [7, 11) is 0. The van der Waals surface area contributed by atoms with Gasteiger partial charge in [-0.3, -0.25) is 0 Å². The molecular weight excluding hydrogens is 377 g/mol. The van der Waals surface area contributed by atoms with E-state index in [0.29, 0.717) is 16.1 Å². The van der Waals surface area contributed by atoms with Gasteiger partial charge in [-0.2, -0.15) is 0 Å². The second-order valence-corrected chi connectivity index (χ2v) is 5.81. The molecule has 0 atom stereocenters. The Kier molecular flexibility index (Phi) is 4.57. The molecule has 6 heteroatoms. The van der Waals surface area contributed by atoms with Crippen LogP contribution in [-0.2, 0) is 0 Å². The number of carboxylic acids is 1. The SMILES string of the molecule is O=C(O)c1ccc(/C=C(\Br)c2ncc(-c3ccc(F)cc3)o2)cc1. The van der Waals surface area contributed by atoms with E-state index >= 15 is 0 Å². The molecule has 2 aromatic carbocycles. The molecule has 0 radical (unpaired) electrons. The molecule has 0 aliphatic rings. The van der Waals surface area contributed by atoms with Crippen LogP contribution >= 0.6 is 15.9 Å².